The standard InChI is InChI=1S/C28H37N3O4/c1-17(2)31-25-13-11-20(10-12-23(19(4)32)28(34)35-22-8-6-7-9-22)15-24(25)29-26(31)21-14-18(3)27(33)30(5)16-21/h11,13-17,19,22-23,32H,6-10,12H2,1-5H3/t19-,23+/m1/s1. The molecule has 1 saturated carbocycles. The fourth-order valence-electron chi connectivity index (χ4n) is 5.16. The maximum Gasteiger partial charge on any atom is 0.311 e. The molecule has 0 amide bonds. The van der Waals surface area contributed by atoms with Gasteiger partial charge in [-0.2, -0.15) is 0 Å². The molecular weight excluding hydrogens is 442 g/mol. The van der Waals surface area contributed by atoms with Crippen molar-refractivity contribution in [2.45, 2.75) is 84.5 Å². The zero-order valence-electron chi connectivity index (χ0n) is 21.5. The molecule has 1 aliphatic rings. The summed E-state index contributed by atoms with van der Waals surface area (Å²) in [5, 5.41) is 10.3. The molecule has 1 fully saturated rings. The quantitative estimate of drug-likeness (QED) is 0.473. The zero-order valence-corrected chi connectivity index (χ0v) is 21.5. The minimum atomic E-state index is -0.757. The van der Waals surface area contributed by atoms with E-state index in [0.717, 1.165) is 53.7 Å². The van der Waals surface area contributed by atoms with Gasteiger partial charge in [0.25, 0.3) is 5.56 Å². The number of rotatable bonds is 8. The Balaban J connectivity index is 1.59. The second-order valence-electron chi connectivity index (χ2n) is 10.3. The van der Waals surface area contributed by atoms with Crippen molar-refractivity contribution in [3.05, 3.63) is 51.9 Å². The topological polar surface area (TPSA) is 86.3 Å². The number of ether oxygens (including phenoxy) is 1. The molecule has 0 saturated heterocycles. The third-order valence-electron chi connectivity index (χ3n) is 7.11. The second-order valence-corrected chi connectivity index (χ2v) is 10.3. The van der Waals surface area contributed by atoms with Crippen molar-refractivity contribution in [2.75, 3.05) is 0 Å². The molecule has 2 atom stereocenters. The first-order valence-corrected chi connectivity index (χ1v) is 12.7. The molecule has 0 bridgehead atoms. The average molecular weight is 480 g/mol. The fourth-order valence-corrected chi connectivity index (χ4v) is 5.16. The van der Waals surface area contributed by atoms with Crippen LogP contribution in [0.3, 0.4) is 0 Å². The van der Waals surface area contributed by atoms with Crippen molar-refractivity contribution in [2.24, 2.45) is 13.0 Å². The van der Waals surface area contributed by atoms with Gasteiger partial charge in [0, 0.05) is 30.4 Å². The predicted octanol–water partition coefficient (Wildman–Crippen LogP) is 4.71. The Morgan fingerprint density at radius 2 is 1.91 bits per heavy atom. The van der Waals surface area contributed by atoms with E-state index in [4.69, 9.17) is 9.72 Å². The number of nitrogens with zero attached hydrogens (tertiary/aromatic N) is 3. The van der Waals surface area contributed by atoms with E-state index in [1.807, 2.05) is 19.2 Å². The average Bonchev–Trinajstić information content (AvgIpc) is 3.44. The Morgan fingerprint density at radius 1 is 1.20 bits per heavy atom. The number of aromatic nitrogens is 3. The Labute approximate surface area is 206 Å². The van der Waals surface area contributed by atoms with Gasteiger partial charge in [0.15, 0.2) is 0 Å². The Kier molecular flexibility index (Phi) is 7.45. The van der Waals surface area contributed by atoms with Gasteiger partial charge in [0.2, 0.25) is 0 Å². The summed E-state index contributed by atoms with van der Waals surface area (Å²) in [4.78, 5) is 29.9. The highest BCUT2D eigenvalue weighted by molar-refractivity contribution is 5.81. The molecule has 0 unspecified atom stereocenters. The van der Waals surface area contributed by atoms with Crippen molar-refractivity contribution in [3.8, 4) is 11.4 Å². The zero-order chi connectivity index (χ0) is 25.3. The molecule has 1 aliphatic carbocycles. The first-order valence-electron chi connectivity index (χ1n) is 12.7. The number of aryl methyl sites for hydroxylation is 3. The van der Waals surface area contributed by atoms with E-state index in [9.17, 15) is 14.7 Å². The van der Waals surface area contributed by atoms with Gasteiger partial charge in [0.05, 0.1) is 23.1 Å². The number of aliphatic hydroxyl groups is 1. The third-order valence-corrected chi connectivity index (χ3v) is 7.11. The summed E-state index contributed by atoms with van der Waals surface area (Å²) in [6.07, 6.45) is 6.28. The van der Waals surface area contributed by atoms with Crippen molar-refractivity contribution in [1.29, 1.82) is 0 Å². The summed E-state index contributed by atoms with van der Waals surface area (Å²) in [6.45, 7) is 7.73. The van der Waals surface area contributed by atoms with Gasteiger partial charge in [-0.1, -0.05) is 6.07 Å². The third kappa shape index (κ3) is 5.35. The van der Waals surface area contributed by atoms with Gasteiger partial charge < -0.3 is 19.0 Å². The van der Waals surface area contributed by atoms with Crippen LogP contribution in [0.5, 0.6) is 0 Å². The predicted molar refractivity (Wildman–Crippen MR) is 137 cm³/mol. The molecular formula is C28H37N3O4. The van der Waals surface area contributed by atoms with Crippen LogP contribution in [0.4, 0.5) is 0 Å². The van der Waals surface area contributed by atoms with Crippen LogP contribution >= 0.6 is 0 Å². The molecule has 1 aromatic carbocycles. The second kappa shape index (κ2) is 10.4. The van der Waals surface area contributed by atoms with Crippen molar-refractivity contribution in [1.82, 2.24) is 14.1 Å². The highest BCUT2D eigenvalue weighted by Gasteiger charge is 2.29. The van der Waals surface area contributed by atoms with Gasteiger partial charge in [-0.05, 0) is 90.0 Å². The number of carbonyl (C=O) groups excluding carboxylic acids is 1. The van der Waals surface area contributed by atoms with Crippen LogP contribution in [0.2, 0.25) is 0 Å². The number of imidazole rings is 1. The Hall–Kier alpha value is -2.93. The molecule has 3 aromatic rings. The number of aliphatic hydroxyl groups excluding tert-OH is 1. The molecule has 0 radical (unpaired) electrons. The van der Waals surface area contributed by atoms with E-state index in [1.54, 1.807) is 18.5 Å². The van der Waals surface area contributed by atoms with Crippen LogP contribution in [-0.4, -0.2) is 37.4 Å². The Bertz CT molecular complexity index is 1240. The highest BCUT2D eigenvalue weighted by Crippen LogP contribution is 2.30. The molecule has 188 valence electrons. The number of hydrogen-bond donors (Lipinski definition) is 1. The monoisotopic (exact) mass is 479 g/mol. The summed E-state index contributed by atoms with van der Waals surface area (Å²) >= 11 is 0. The molecule has 4 rings (SSSR count). The van der Waals surface area contributed by atoms with Gasteiger partial charge in [0.1, 0.15) is 11.9 Å². The summed E-state index contributed by atoms with van der Waals surface area (Å²) < 4.78 is 9.47. The minimum Gasteiger partial charge on any atom is -0.462 e. The lowest BCUT2D eigenvalue weighted by Gasteiger charge is -2.21. The number of pyridine rings is 1. The minimum absolute atomic E-state index is 0.000337. The lowest BCUT2D eigenvalue weighted by atomic mass is 9.95. The van der Waals surface area contributed by atoms with Crippen LogP contribution in [0.25, 0.3) is 22.4 Å². The van der Waals surface area contributed by atoms with Gasteiger partial charge in [-0.15, -0.1) is 0 Å². The molecule has 1 N–H and O–H groups in total. The molecule has 35 heavy (non-hydrogen) atoms. The molecule has 7 heteroatoms. The summed E-state index contributed by atoms with van der Waals surface area (Å²) in [6, 6.07) is 8.29. The van der Waals surface area contributed by atoms with Crippen molar-refractivity contribution >= 4 is 17.0 Å². The van der Waals surface area contributed by atoms with Crippen LogP contribution < -0.4 is 5.56 Å². The van der Waals surface area contributed by atoms with E-state index in [0.29, 0.717) is 18.4 Å². The summed E-state index contributed by atoms with van der Waals surface area (Å²) in [5.41, 5.74) is 4.54. The number of carbonyl (C=O) groups is 1. The number of hydrogen-bond acceptors (Lipinski definition) is 5. The first-order chi connectivity index (χ1) is 16.7. The maximum atomic E-state index is 12.7. The Morgan fingerprint density at radius 3 is 2.54 bits per heavy atom. The molecule has 7 nitrogen and oxygen atoms in total. The largest absolute Gasteiger partial charge is 0.462 e. The SMILES string of the molecule is Cc1cc(-c2nc3cc(CC[C@H](C(=O)OC4CCCC4)[C@@H](C)O)ccc3n2C(C)C)cn(C)c1=O. The number of benzene rings is 1. The number of esters is 1. The van der Waals surface area contributed by atoms with E-state index in [-0.39, 0.29) is 23.7 Å². The molecule has 0 aliphatic heterocycles. The lowest BCUT2D eigenvalue weighted by molar-refractivity contribution is -0.157. The van der Waals surface area contributed by atoms with Crippen molar-refractivity contribution < 1.29 is 14.6 Å². The summed E-state index contributed by atoms with van der Waals surface area (Å²) in [7, 11) is 1.76. The lowest BCUT2D eigenvalue weighted by Crippen LogP contribution is -2.30. The fraction of sp³-hybridized carbons (Fsp3) is 0.536. The van der Waals surface area contributed by atoms with Gasteiger partial charge >= 0.3 is 5.97 Å². The molecule has 0 spiro atoms. The van der Waals surface area contributed by atoms with Crippen LogP contribution in [0.15, 0.2) is 35.3 Å². The van der Waals surface area contributed by atoms with E-state index in [1.165, 1.54) is 0 Å². The maximum absolute atomic E-state index is 12.7. The van der Waals surface area contributed by atoms with Crippen molar-refractivity contribution in [3.63, 3.8) is 0 Å². The normalized spacial score (nSPS) is 16.2. The summed E-state index contributed by atoms with van der Waals surface area (Å²) in [5.74, 6) is 0.000850. The highest BCUT2D eigenvalue weighted by atomic mass is 16.5. The smallest absolute Gasteiger partial charge is 0.311 e. The molecule has 2 aromatic heterocycles. The van der Waals surface area contributed by atoms with E-state index < -0.39 is 12.0 Å². The number of fused-ring (bicyclic) bond motifs is 1. The van der Waals surface area contributed by atoms with Gasteiger partial charge in [-0.3, -0.25) is 9.59 Å². The molecule has 2 heterocycles. The van der Waals surface area contributed by atoms with Crippen LogP contribution in [0.1, 0.15) is 70.0 Å². The van der Waals surface area contributed by atoms with Crippen LogP contribution in [0, 0.1) is 12.8 Å². The van der Waals surface area contributed by atoms with E-state index >= 15 is 0 Å². The van der Waals surface area contributed by atoms with E-state index in [2.05, 4.69) is 36.6 Å². The van der Waals surface area contributed by atoms with Crippen LogP contribution in [-0.2, 0) is 23.0 Å². The first kappa shape index (κ1) is 25.2. The van der Waals surface area contributed by atoms with Gasteiger partial charge in [-0.25, -0.2) is 4.98 Å².